The zero-order valence-corrected chi connectivity index (χ0v) is 14.1. The molecule has 4 nitrogen and oxygen atoms in total. The van der Waals surface area contributed by atoms with E-state index in [0.29, 0.717) is 11.3 Å². The molecular weight excluding hydrogens is 326 g/mol. The van der Waals surface area contributed by atoms with Crippen LogP contribution in [0.5, 0.6) is 0 Å². The Bertz CT molecular complexity index is 607. The molecule has 0 heterocycles. The lowest BCUT2D eigenvalue weighted by atomic mass is 9.62. The van der Waals surface area contributed by atoms with Gasteiger partial charge in [-0.2, -0.15) is 0 Å². The number of nitrogens with two attached hydrogens (primary N) is 1. The van der Waals surface area contributed by atoms with Crippen molar-refractivity contribution in [2.45, 2.75) is 50.6 Å². The molecule has 0 aliphatic heterocycles. The molecule has 23 heavy (non-hydrogen) atoms. The molecule has 2 rings (SSSR count). The van der Waals surface area contributed by atoms with Crippen LogP contribution in [0.3, 0.4) is 0 Å². The number of carbonyl (C=O) groups excluding carboxylic acids is 1. The number of hydrogen-bond acceptors (Lipinski definition) is 3. The van der Waals surface area contributed by atoms with Crippen LogP contribution in [-0.4, -0.2) is 24.2 Å². The lowest BCUT2D eigenvalue weighted by molar-refractivity contribution is -0.123. The van der Waals surface area contributed by atoms with E-state index in [1.54, 1.807) is 39.0 Å². The predicted octanol–water partition coefficient (Wildman–Crippen LogP) is 4.31. The van der Waals surface area contributed by atoms with Gasteiger partial charge in [0.2, 0.25) is 5.92 Å². The van der Waals surface area contributed by atoms with Crippen molar-refractivity contribution in [2.24, 2.45) is 5.73 Å². The Labute approximate surface area is 139 Å². The normalized spacial score (nSPS) is 18.9. The van der Waals surface area contributed by atoms with E-state index >= 15 is 0 Å². The first-order chi connectivity index (χ1) is 10.5. The molecule has 0 aromatic heterocycles. The van der Waals surface area contributed by atoms with E-state index in [1.165, 1.54) is 0 Å². The molecule has 0 bridgehead atoms. The van der Waals surface area contributed by atoms with Crippen molar-refractivity contribution in [3.63, 3.8) is 0 Å². The van der Waals surface area contributed by atoms with E-state index in [0.717, 1.165) is 0 Å². The number of nitrogens with one attached hydrogen (secondary N) is 1. The summed E-state index contributed by atoms with van der Waals surface area (Å²) in [4.78, 5) is 11.8. The topological polar surface area (TPSA) is 64.3 Å². The second kappa shape index (κ2) is 5.91. The van der Waals surface area contributed by atoms with Gasteiger partial charge < -0.3 is 10.5 Å². The molecule has 1 aromatic rings. The molecule has 1 saturated carbocycles. The van der Waals surface area contributed by atoms with E-state index in [9.17, 15) is 13.6 Å². The minimum Gasteiger partial charge on any atom is -0.444 e. The molecular formula is C16H21ClF2N2O2. The largest absolute Gasteiger partial charge is 0.444 e. The van der Waals surface area contributed by atoms with Crippen LogP contribution in [0.2, 0.25) is 5.02 Å². The monoisotopic (exact) mass is 346 g/mol. The van der Waals surface area contributed by atoms with E-state index in [-0.39, 0.29) is 24.4 Å². The first kappa shape index (κ1) is 17.9. The van der Waals surface area contributed by atoms with Gasteiger partial charge >= 0.3 is 6.09 Å². The average Bonchev–Trinajstić information content (AvgIpc) is 2.35. The average molecular weight is 347 g/mol. The standard InChI is InChI=1S/C16H21ClF2N2O2/c1-14(2,3)23-13(22)21-12-5-4-10(6-11(12)17)15(9-20)7-16(18,19)8-15/h4-6H,7-9,20H2,1-3H3,(H,21,22). The molecule has 1 amide bonds. The lowest BCUT2D eigenvalue weighted by Gasteiger charge is -2.47. The van der Waals surface area contributed by atoms with Crippen molar-refractivity contribution >= 4 is 23.4 Å². The molecule has 3 N–H and O–H groups in total. The van der Waals surface area contributed by atoms with Crippen molar-refractivity contribution in [1.82, 2.24) is 0 Å². The summed E-state index contributed by atoms with van der Waals surface area (Å²) in [7, 11) is 0. The van der Waals surface area contributed by atoms with E-state index < -0.39 is 23.0 Å². The molecule has 0 saturated heterocycles. The number of carbonyl (C=O) groups is 1. The maximum atomic E-state index is 13.3. The van der Waals surface area contributed by atoms with Gasteiger partial charge in [-0.1, -0.05) is 17.7 Å². The van der Waals surface area contributed by atoms with Crippen LogP contribution in [0.25, 0.3) is 0 Å². The summed E-state index contributed by atoms with van der Waals surface area (Å²) in [6.07, 6.45) is -1.20. The number of benzene rings is 1. The zero-order valence-electron chi connectivity index (χ0n) is 13.4. The third-order valence-corrected chi connectivity index (χ3v) is 4.11. The first-order valence-electron chi connectivity index (χ1n) is 7.34. The summed E-state index contributed by atoms with van der Waals surface area (Å²) in [5, 5.41) is 2.80. The number of hydrogen-bond donors (Lipinski definition) is 2. The van der Waals surface area contributed by atoms with E-state index in [1.807, 2.05) is 0 Å². The fourth-order valence-electron chi connectivity index (χ4n) is 2.76. The Morgan fingerprint density at radius 3 is 2.43 bits per heavy atom. The minimum absolute atomic E-state index is 0.123. The van der Waals surface area contributed by atoms with Crippen LogP contribution < -0.4 is 11.1 Å². The van der Waals surface area contributed by atoms with Crippen LogP contribution in [0, 0.1) is 0 Å². The van der Waals surface area contributed by atoms with Gasteiger partial charge in [0.05, 0.1) is 10.7 Å². The highest BCUT2D eigenvalue weighted by atomic mass is 35.5. The summed E-state index contributed by atoms with van der Waals surface area (Å²) in [6.45, 7) is 5.37. The van der Waals surface area contributed by atoms with Gasteiger partial charge in [-0.3, -0.25) is 5.32 Å². The smallest absolute Gasteiger partial charge is 0.412 e. The van der Waals surface area contributed by atoms with Crippen molar-refractivity contribution < 1.29 is 18.3 Å². The summed E-state index contributed by atoms with van der Waals surface area (Å²) < 4.78 is 31.7. The van der Waals surface area contributed by atoms with Crippen LogP contribution in [-0.2, 0) is 10.2 Å². The molecule has 1 aliphatic rings. The van der Waals surface area contributed by atoms with Gasteiger partial charge in [-0.15, -0.1) is 0 Å². The summed E-state index contributed by atoms with van der Waals surface area (Å²) in [6, 6.07) is 4.83. The number of ether oxygens (including phenoxy) is 1. The van der Waals surface area contributed by atoms with Gasteiger partial charge in [0.25, 0.3) is 0 Å². The Hall–Kier alpha value is -1.40. The van der Waals surface area contributed by atoms with Gasteiger partial charge in [0.15, 0.2) is 0 Å². The van der Waals surface area contributed by atoms with Crippen molar-refractivity contribution in [2.75, 3.05) is 11.9 Å². The number of alkyl halides is 2. The van der Waals surface area contributed by atoms with Crippen molar-refractivity contribution in [3.8, 4) is 0 Å². The van der Waals surface area contributed by atoms with Crippen molar-refractivity contribution in [1.29, 1.82) is 0 Å². The summed E-state index contributed by atoms with van der Waals surface area (Å²) in [5.41, 5.74) is 5.34. The number of rotatable bonds is 3. The Kier molecular flexibility index (Phi) is 4.61. The molecule has 1 aromatic carbocycles. The summed E-state index contributed by atoms with van der Waals surface area (Å²) in [5.74, 6) is -2.68. The third-order valence-electron chi connectivity index (χ3n) is 3.80. The Balaban J connectivity index is 2.14. The highest BCUT2D eigenvalue weighted by molar-refractivity contribution is 6.33. The number of amides is 1. The maximum absolute atomic E-state index is 13.3. The maximum Gasteiger partial charge on any atom is 0.412 e. The molecule has 128 valence electrons. The van der Waals surface area contributed by atoms with Crippen LogP contribution in [0.15, 0.2) is 18.2 Å². The van der Waals surface area contributed by atoms with E-state index in [2.05, 4.69) is 5.32 Å². The van der Waals surface area contributed by atoms with Gasteiger partial charge in [-0.25, -0.2) is 13.6 Å². The fourth-order valence-corrected chi connectivity index (χ4v) is 2.99. The quantitative estimate of drug-likeness (QED) is 0.857. The highest BCUT2D eigenvalue weighted by Crippen LogP contribution is 2.53. The predicted molar refractivity (Wildman–Crippen MR) is 86.2 cm³/mol. The first-order valence-corrected chi connectivity index (χ1v) is 7.72. The minimum atomic E-state index is -2.68. The lowest BCUT2D eigenvalue weighted by Crippen LogP contribution is -2.53. The summed E-state index contributed by atoms with van der Waals surface area (Å²) >= 11 is 6.16. The van der Waals surface area contributed by atoms with Gasteiger partial charge in [0, 0.05) is 24.8 Å². The zero-order chi connectivity index (χ0) is 17.5. The second-order valence-electron chi connectivity index (χ2n) is 7.02. The highest BCUT2D eigenvalue weighted by Gasteiger charge is 2.56. The number of anilines is 1. The molecule has 0 unspecified atom stereocenters. The Morgan fingerprint density at radius 1 is 1.39 bits per heavy atom. The third kappa shape index (κ3) is 4.12. The van der Waals surface area contributed by atoms with Gasteiger partial charge in [0.1, 0.15) is 5.60 Å². The molecule has 1 aliphatic carbocycles. The Morgan fingerprint density at radius 2 is 2.00 bits per heavy atom. The van der Waals surface area contributed by atoms with Crippen LogP contribution >= 0.6 is 11.6 Å². The van der Waals surface area contributed by atoms with Gasteiger partial charge in [-0.05, 0) is 38.5 Å². The number of halogens is 3. The second-order valence-corrected chi connectivity index (χ2v) is 7.42. The molecule has 0 atom stereocenters. The van der Waals surface area contributed by atoms with E-state index in [4.69, 9.17) is 22.1 Å². The molecule has 0 spiro atoms. The van der Waals surface area contributed by atoms with Crippen LogP contribution in [0.4, 0.5) is 19.3 Å². The fraction of sp³-hybridized carbons (Fsp3) is 0.562. The van der Waals surface area contributed by atoms with Crippen molar-refractivity contribution in [3.05, 3.63) is 28.8 Å². The molecule has 1 fully saturated rings. The molecule has 0 radical (unpaired) electrons. The SMILES string of the molecule is CC(C)(C)OC(=O)Nc1ccc(C2(CN)CC(F)(F)C2)cc1Cl. The molecule has 7 heteroatoms. The van der Waals surface area contributed by atoms with Crippen LogP contribution in [0.1, 0.15) is 39.2 Å².